The average molecular weight is 322 g/mol. The number of hydrogen-bond acceptors (Lipinski definition) is 4. The van der Waals surface area contributed by atoms with Crippen molar-refractivity contribution < 1.29 is 13.2 Å². The molecule has 2 heterocycles. The smallest absolute Gasteiger partial charge is 0.271 e. The average Bonchev–Trinajstić information content (AvgIpc) is 3.07. The Balaban J connectivity index is 1.92. The summed E-state index contributed by atoms with van der Waals surface area (Å²) < 4.78 is 27.2. The van der Waals surface area contributed by atoms with E-state index >= 15 is 0 Å². The normalized spacial score (nSPS) is 14.0. The molecule has 21 heavy (non-hydrogen) atoms. The third kappa shape index (κ3) is 2.66. The molecule has 1 aliphatic rings. The second-order valence-electron chi connectivity index (χ2n) is 4.80. The van der Waals surface area contributed by atoms with Crippen LogP contribution in [0.15, 0.2) is 39.9 Å². The number of nitrogens with zero attached hydrogens (tertiary/aromatic N) is 1. The van der Waals surface area contributed by atoms with Gasteiger partial charge in [0.05, 0.1) is 5.69 Å². The van der Waals surface area contributed by atoms with E-state index in [2.05, 4.69) is 4.72 Å². The molecule has 2 aromatic rings. The minimum Gasteiger partial charge on any atom is -0.312 e. The van der Waals surface area contributed by atoms with Gasteiger partial charge in [0.15, 0.2) is 0 Å². The van der Waals surface area contributed by atoms with Crippen molar-refractivity contribution in [3.05, 3.63) is 41.3 Å². The Bertz CT molecular complexity index is 783. The molecule has 0 radical (unpaired) electrons. The summed E-state index contributed by atoms with van der Waals surface area (Å²) in [6.07, 6.45) is 0.798. The molecule has 0 bridgehead atoms. The quantitative estimate of drug-likeness (QED) is 0.944. The summed E-state index contributed by atoms with van der Waals surface area (Å²) in [5, 5.41) is 1.72. The van der Waals surface area contributed by atoms with Crippen LogP contribution in [0.3, 0.4) is 0 Å². The molecule has 5 nitrogen and oxygen atoms in total. The maximum atomic E-state index is 12.2. The summed E-state index contributed by atoms with van der Waals surface area (Å²) in [7, 11) is -3.56. The second kappa shape index (κ2) is 5.16. The molecule has 7 heteroatoms. The van der Waals surface area contributed by atoms with Crippen LogP contribution in [0, 0.1) is 0 Å². The fourth-order valence-electron chi connectivity index (χ4n) is 2.39. The zero-order valence-corrected chi connectivity index (χ0v) is 13.0. The predicted octanol–water partition coefficient (Wildman–Crippen LogP) is 2.46. The van der Waals surface area contributed by atoms with Crippen LogP contribution in [-0.4, -0.2) is 20.9 Å². The van der Waals surface area contributed by atoms with Crippen LogP contribution >= 0.6 is 11.3 Å². The topological polar surface area (TPSA) is 66.5 Å². The first-order valence-corrected chi connectivity index (χ1v) is 8.81. The molecule has 0 spiro atoms. The molecule has 0 saturated heterocycles. The zero-order chi connectivity index (χ0) is 15.0. The monoisotopic (exact) mass is 322 g/mol. The Kier molecular flexibility index (Phi) is 3.46. The minimum absolute atomic E-state index is 0.0352. The minimum atomic E-state index is -3.56. The predicted molar refractivity (Wildman–Crippen MR) is 83.3 cm³/mol. The number of benzene rings is 1. The van der Waals surface area contributed by atoms with E-state index in [1.807, 2.05) is 6.07 Å². The zero-order valence-electron chi connectivity index (χ0n) is 11.4. The molecule has 3 rings (SSSR count). The molecule has 0 atom stereocenters. The first-order valence-electron chi connectivity index (χ1n) is 6.45. The number of fused-ring (bicyclic) bond motifs is 1. The van der Waals surface area contributed by atoms with Crippen LogP contribution in [0.25, 0.3) is 0 Å². The van der Waals surface area contributed by atoms with Gasteiger partial charge in [-0.05, 0) is 35.6 Å². The summed E-state index contributed by atoms with van der Waals surface area (Å²) in [5.41, 5.74) is 2.31. The van der Waals surface area contributed by atoms with Crippen molar-refractivity contribution in [1.82, 2.24) is 0 Å². The molecule has 0 unspecified atom stereocenters. The van der Waals surface area contributed by atoms with Gasteiger partial charge in [-0.2, -0.15) is 0 Å². The lowest BCUT2D eigenvalue weighted by molar-refractivity contribution is -0.116. The number of rotatable bonds is 3. The third-order valence-corrected chi connectivity index (χ3v) is 6.15. The first-order chi connectivity index (χ1) is 9.97. The van der Waals surface area contributed by atoms with Crippen molar-refractivity contribution in [3.8, 4) is 0 Å². The highest BCUT2D eigenvalue weighted by Crippen LogP contribution is 2.32. The Labute approximate surface area is 127 Å². The van der Waals surface area contributed by atoms with E-state index in [4.69, 9.17) is 0 Å². The summed E-state index contributed by atoms with van der Waals surface area (Å²) in [6, 6.07) is 8.56. The molecule has 1 aliphatic heterocycles. The lowest BCUT2D eigenvalue weighted by Gasteiger charge is -2.16. The highest BCUT2D eigenvalue weighted by molar-refractivity contribution is 7.94. The van der Waals surface area contributed by atoms with Gasteiger partial charge < -0.3 is 4.90 Å². The lowest BCUT2D eigenvalue weighted by Crippen LogP contribution is -2.25. The largest absolute Gasteiger partial charge is 0.312 e. The molecular weight excluding hydrogens is 308 g/mol. The molecule has 0 saturated carbocycles. The summed E-state index contributed by atoms with van der Waals surface area (Å²) in [4.78, 5) is 13.2. The Hall–Kier alpha value is -1.86. The molecular formula is C14H14N2O3S2. The Morgan fingerprint density at radius 2 is 2.14 bits per heavy atom. The van der Waals surface area contributed by atoms with Gasteiger partial charge in [0.2, 0.25) is 5.91 Å². The van der Waals surface area contributed by atoms with E-state index in [9.17, 15) is 13.2 Å². The third-order valence-electron chi connectivity index (χ3n) is 3.37. The number of carbonyl (C=O) groups excluding carboxylic acids is 1. The summed E-state index contributed by atoms with van der Waals surface area (Å²) in [5.74, 6) is -0.0352. The van der Waals surface area contributed by atoms with Crippen molar-refractivity contribution in [2.24, 2.45) is 0 Å². The van der Waals surface area contributed by atoms with Crippen LogP contribution in [0.4, 0.5) is 11.4 Å². The van der Waals surface area contributed by atoms with Gasteiger partial charge in [-0.3, -0.25) is 9.52 Å². The van der Waals surface area contributed by atoms with Gasteiger partial charge in [-0.25, -0.2) is 8.42 Å². The van der Waals surface area contributed by atoms with Gasteiger partial charge in [0.25, 0.3) is 10.0 Å². The van der Waals surface area contributed by atoms with Gasteiger partial charge in [0.1, 0.15) is 4.21 Å². The number of carbonyl (C=O) groups is 1. The van der Waals surface area contributed by atoms with Crippen LogP contribution in [0.5, 0.6) is 0 Å². The standard InChI is InChI=1S/C14H14N2O3S2/c1-10(17)16-7-6-11-4-5-12(9-13(11)16)15-21(18,19)14-3-2-8-20-14/h2-5,8-9,15H,6-7H2,1H3. The number of hydrogen-bond donors (Lipinski definition) is 1. The van der Waals surface area contributed by atoms with Gasteiger partial charge in [-0.1, -0.05) is 12.1 Å². The van der Waals surface area contributed by atoms with Gasteiger partial charge in [-0.15, -0.1) is 11.3 Å². The number of anilines is 2. The van der Waals surface area contributed by atoms with Gasteiger partial charge in [0, 0.05) is 19.2 Å². The van der Waals surface area contributed by atoms with E-state index in [0.29, 0.717) is 12.2 Å². The highest BCUT2D eigenvalue weighted by Gasteiger charge is 2.23. The lowest BCUT2D eigenvalue weighted by atomic mass is 10.1. The Morgan fingerprint density at radius 1 is 1.33 bits per heavy atom. The molecule has 0 aliphatic carbocycles. The number of sulfonamides is 1. The number of thiophene rings is 1. The highest BCUT2D eigenvalue weighted by atomic mass is 32.2. The fraction of sp³-hybridized carbons (Fsp3) is 0.214. The molecule has 1 N–H and O–H groups in total. The SMILES string of the molecule is CC(=O)N1CCc2ccc(NS(=O)(=O)c3cccs3)cc21. The first kappa shape index (κ1) is 14.1. The number of nitrogens with one attached hydrogen (secondary N) is 1. The molecule has 110 valence electrons. The number of amides is 1. The maximum absolute atomic E-state index is 12.2. The van der Waals surface area contributed by atoms with Crippen molar-refractivity contribution in [2.45, 2.75) is 17.6 Å². The maximum Gasteiger partial charge on any atom is 0.271 e. The van der Waals surface area contributed by atoms with Crippen LogP contribution < -0.4 is 9.62 Å². The van der Waals surface area contributed by atoms with Gasteiger partial charge >= 0.3 is 0 Å². The van der Waals surface area contributed by atoms with E-state index in [-0.39, 0.29) is 10.1 Å². The van der Waals surface area contributed by atoms with Crippen LogP contribution in [0.1, 0.15) is 12.5 Å². The van der Waals surface area contributed by atoms with Crippen molar-refractivity contribution in [2.75, 3.05) is 16.2 Å². The fourth-order valence-corrected chi connectivity index (χ4v) is 4.43. The van der Waals surface area contributed by atoms with E-state index in [1.54, 1.807) is 34.5 Å². The molecule has 1 aromatic heterocycles. The molecule has 1 aromatic carbocycles. The Morgan fingerprint density at radius 3 is 2.81 bits per heavy atom. The van der Waals surface area contributed by atoms with Crippen molar-refractivity contribution >= 4 is 38.6 Å². The van der Waals surface area contributed by atoms with Crippen LogP contribution in [0.2, 0.25) is 0 Å². The molecule has 1 amide bonds. The summed E-state index contributed by atoms with van der Waals surface area (Å²) >= 11 is 1.17. The van der Waals surface area contributed by atoms with Crippen LogP contribution in [-0.2, 0) is 21.2 Å². The van der Waals surface area contributed by atoms with Crippen molar-refractivity contribution in [3.63, 3.8) is 0 Å². The van der Waals surface area contributed by atoms with Crippen molar-refractivity contribution in [1.29, 1.82) is 0 Å². The van der Waals surface area contributed by atoms with E-state index in [0.717, 1.165) is 17.7 Å². The van der Waals surface area contributed by atoms with E-state index < -0.39 is 10.0 Å². The van der Waals surface area contributed by atoms with E-state index in [1.165, 1.54) is 18.3 Å². The second-order valence-corrected chi connectivity index (χ2v) is 7.66. The summed E-state index contributed by atoms with van der Waals surface area (Å²) in [6.45, 7) is 2.16. The molecule has 0 fully saturated rings.